The fraction of sp³-hybridized carbons (Fsp3) is 0.100. The number of halogens is 2. The summed E-state index contributed by atoms with van der Waals surface area (Å²) in [6, 6.07) is 11.8. The molecule has 0 radical (unpaired) electrons. The summed E-state index contributed by atoms with van der Waals surface area (Å²) in [4.78, 5) is 24.6. The minimum Gasteiger partial charge on any atom is -0.366 e. The van der Waals surface area contributed by atoms with E-state index in [1.165, 1.54) is 0 Å². The lowest BCUT2D eigenvalue weighted by Gasteiger charge is -2.31. The first-order valence-electron chi connectivity index (χ1n) is 8.37. The summed E-state index contributed by atoms with van der Waals surface area (Å²) in [5, 5.41) is 0.605. The van der Waals surface area contributed by atoms with Gasteiger partial charge in [0.25, 0.3) is 5.91 Å². The molecule has 1 aliphatic rings. The Morgan fingerprint density at radius 3 is 2.30 bits per heavy atom. The number of hydrogen-bond acceptors (Lipinski definition) is 2. The van der Waals surface area contributed by atoms with Crippen molar-refractivity contribution in [2.24, 2.45) is 5.73 Å². The molecule has 1 aromatic heterocycles. The summed E-state index contributed by atoms with van der Waals surface area (Å²) in [6.45, 7) is 0. The highest BCUT2D eigenvalue weighted by Crippen LogP contribution is 2.32. The Bertz CT molecular complexity index is 1070. The molecule has 0 aliphatic heterocycles. The second-order valence-electron chi connectivity index (χ2n) is 6.21. The lowest BCUT2D eigenvalue weighted by molar-refractivity contribution is 0.0918. The zero-order valence-electron chi connectivity index (χ0n) is 14.2. The van der Waals surface area contributed by atoms with E-state index < -0.39 is 5.91 Å². The van der Waals surface area contributed by atoms with E-state index in [-0.39, 0.29) is 11.5 Å². The average molecular weight is 400 g/mol. The van der Waals surface area contributed by atoms with Crippen LogP contribution in [-0.4, -0.2) is 21.2 Å². The normalized spacial score (nSPS) is 12.8. The SMILES string of the molecule is NC(=O)c1ccc(-n2c3c(n2C(=O)c2c(Cl)cccc2Cl)CCC=C3)cc1. The first-order chi connectivity index (χ1) is 13.0. The zero-order chi connectivity index (χ0) is 19.1. The van der Waals surface area contributed by atoms with Crippen LogP contribution in [0.2, 0.25) is 10.0 Å². The maximum Gasteiger partial charge on any atom is 0.280 e. The fourth-order valence-corrected chi connectivity index (χ4v) is 3.83. The molecule has 27 heavy (non-hydrogen) atoms. The minimum absolute atomic E-state index is 0.265. The largest absolute Gasteiger partial charge is 0.366 e. The molecular formula is C20H15Cl2N3O2. The van der Waals surface area contributed by atoms with Gasteiger partial charge < -0.3 is 5.73 Å². The number of allylic oxidation sites excluding steroid dienone is 1. The summed E-state index contributed by atoms with van der Waals surface area (Å²) < 4.78 is 3.38. The first-order valence-corrected chi connectivity index (χ1v) is 9.12. The number of rotatable bonds is 3. The van der Waals surface area contributed by atoms with Gasteiger partial charge >= 0.3 is 0 Å². The van der Waals surface area contributed by atoms with Crippen molar-refractivity contribution < 1.29 is 9.59 Å². The number of nitrogens with zero attached hydrogens (tertiary/aromatic N) is 2. The Kier molecular flexibility index (Phi) is 4.42. The summed E-state index contributed by atoms with van der Waals surface area (Å²) in [7, 11) is 0. The van der Waals surface area contributed by atoms with Crippen LogP contribution < -0.4 is 5.73 Å². The Labute approximate surface area is 165 Å². The maximum atomic E-state index is 13.3. The summed E-state index contributed by atoms with van der Waals surface area (Å²) in [5.74, 6) is -0.794. The highest BCUT2D eigenvalue weighted by molar-refractivity contribution is 6.39. The van der Waals surface area contributed by atoms with E-state index in [2.05, 4.69) is 6.08 Å². The van der Waals surface area contributed by atoms with Gasteiger partial charge in [-0.25, -0.2) is 9.36 Å². The van der Waals surface area contributed by atoms with Crippen LogP contribution in [0.25, 0.3) is 11.8 Å². The molecule has 2 aromatic carbocycles. The van der Waals surface area contributed by atoms with Crippen LogP contribution in [0, 0.1) is 0 Å². The number of nitrogens with two attached hydrogens (primary N) is 1. The molecule has 0 spiro atoms. The molecule has 0 atom stereocenters. The Morgan fingerprint density at radius 2 is 1.67 bits per heavy atom. The van der Waals surface area contributed by atoms with Crippen LogP contribution >= 0.6 is 23.2 Å². The summed E-state index contributed by atoms with van der Waals surface area (Å²) >= 11 is 12.5. The Balaban J connectivity index is 1.86. The van der Waals surface area contributed by atoms with Crippen LogP contribution in [0.3, 0.4) is 0 Å². The molecule has 7 heteroatoms. The zero-order valence-corrected chi connectivity index (χ0v) is 15.7. The van der Waals surface area contributed by atoms with Crippen molar-refractivity contribution in [1.29, 1.82) is 0 Å². The molecule has 0 unspecified atom stereocenters. The van der Waals surface area contributed by atoms with Crippen LogP contribution in [0.1, 0.15) is 38.5 Å². The van der Waals surface area contributed by atoms with E-state index in [0.717, 1.165) is 29.9 Å². The molecule has 1 aliphatic carbocycles. The summed E-state index contributed by atoms with van der Waals surface area (Å²) in [6.07, 6.45) is 5.65. The molecule has 136 valence electrons. The quantitative estimate of drug-likeness (QED) is 0.711. The number of benzene rings is 2. The van der Waals surface area contributed by atoms with E-state index in [1.807, 2.05) is 6.08 Å². The predicted molar refractivity (Wildman–Crippen MR) is 106 cm³/mol. The topological polar surface area (TPSA) is 70.0 Å². The molecule has 4 rings (SSSR count). The number of fused-ring (bicyclic) bond motifs is 1. The van der Waals surface area contributed by atoms with E-state index >= 15 is 0 Å². The van der Waals surface area contributed by atoms with Crippen LogP contribution in [0.15, 0.2) is 48.5 Å². The molecule has 0 bridgehead atoms. The third kappa shape index (κ3) is 2.89. The van der Waals surface area contributed by atoms with Gasteiger partial charge in [0.1, 0.15) is 0 Å². The van der Waals surface area contributed by atoms with E-state index in [0.29, 0.717) is 15.6 Å². The number of amides is 1. The Hall–Kier alpha value is -2.76. The molecule has 5 nitrogen and oxygen atoms in total. The molecular weight excluding hydrogens is 385 g/mol. The van der Waals surface area contributed by atoms with Gasteiger partial charge in [-0.05, 0) is 55.3 Å². The van der Waals surface area contributed by atoms with Crippen molar-refractivity contribution >= 4 is 41.1 Å². The third-order valence-corrected chi connectivity index (χ3v) is 5.20. The highest BCUT2D eigenvalue weighted by Gasteiger charge is 2.29. The monoisotopic (exact) mass is 399 g/mol. The van der Waals surface area contributed by atoms with Gasteiger partial charge in [-0.1, -0.05) is 35.3 Å². The smallest absolute Gasteiger partial charge is 0.280 e. The van der Waals surface area contributed by atoms with Crippen LogP contribution in [0.4, 0.5) is 0 Å². The average Bonchev–Trinajstić information content (AvgIpc) is 2.63. The Morgan fingerprint density at radius 1 is 1.00 bits per heavy atom. The lowest BCUT2D eigenvalue weighted by atomic mass is 10.0. The van der Waals surface area contributed by atoms with Crippen molar-refractivity contribution in [3.05, 3.63) is 81.1 Å². The van der Waals surface area contributed by atoms with Crippen LogP contribution in [-0.2, 0) is 6.42 Å². The third-order valence-electron chi connectivity index (χ3n) is 4.57. The summed E-state index contributed by atoms with van der Waals surface area (Å²) in [5.41, 5.74) is 8.56. The number of carbonyl (C=O) groups is 2. The number of hydrogen-bond donors (Lipinski definition) is 1. The lowest BCUT2D eigenvalue weighted by Crippen LogP contribution is -2.35. The number of aromatic nitrogens is 2. The van der Waals surface area contributed by atoms with Gasteiger partial charge in [0.05, 0.1) is 32.7 Å². The van der Waals surface area contributed by atoms with Crippen molar-refractivity contribution in [3.8, 4) is 5.69 Å². The number of carbonyl (C=O) groups excluding carboxylic acids is 2. The standard InChI is InChI=1S/C20H15Cl2N3O2/c21-14-4-3-5-15(22)18(14)20(27)25-17-7-2-1-6-16(17)24(25)13-10-8-12(9-11-13)19(23)26/h1,3-6,8-11H,2,7H2,(H2,23,26). The van der Waals surface area contributed by atoms with Gasteiger partial charge in [0, 0.05) is 5.56 Å². The van der Waals surface area contributed by atoms with Gasteiger partial charge in [-0.3, -0.25) is 9.59 Å². The highest BCUT2D eigenvalue weighted by atomic mass is 35.5. The molecule has 1 amide bonds. The van der Waals surface area contributed by atoms with Crippen molar-refractivity contribution in [2.75, 3.05) is 0 Å². The van der Waals surface area contributed by atoms with E-state index in [1.54, 1.807) is 51.8 Å². The van der Waals surface area contributed by atoms with E-state index in [4.69, 9.17) is 28.9 Å². The number of primary amides is 1. The molecule has 0 saturated heterocycles. The second kappa shape index (κ2) is 6.76. The van der Waals surface area contributed by atoms with Crippen molar-refractivity contribution in [3.63, 3.8) is 0 Å². The second-order valence-corrected chi connectivity index (χ2v) is 7.02. The molecule has 3 aromatic rings. The van der Waals surface area contributed by atoms with Gasteiger partial charge in [-0.2, -0.15) is 0 Å². The fourth-order valence-electron chi connectivity index (χ4n) is 3.27. The van der Waals surface area contributed by atoms with Crippen LogP contribution in [0.5, 0.6) is 0 Å². The van der Waals surface area contributed by atoms with Gasteiger partial charge in [-0.15, -0.1) is 0 Å². The minimum atomic E-state index is -0.501. The molecule has 0 saturated carbocycles. The van der Waals surface area contributed by atoms with E-state index in [9.17, 15) is 9.59 Å². The first kappa shape index (κ1) is 17.6. The molecule has 0 fully saturated rings. The maximum absolute atomic E-state index is 13.3. The van der Waals surface area contributed by atoms with Gasteiger partial charge in [0.15, 0.2) is 0 Å². The van der Waals surface area contributed by atoms with Gasteiger partial charge in [0.2, 0.25) is 5.91 Å². The predicted octanol–water partition coefficient (Wildman–Crippen LogP) is 4.33. The molecule has 2 N–H and O–H groups in total. The molecule has 1 heterocycles. The van der Waals surface area contributed by atoms with Crippen molar-refractivity contribution in [1.82, 2.24) is 9.36 Å². The van der Waals surface area contributed by atoms with Crippen molar-refractivity contribution in [2.45, 2.75) is 12.8 Å².